The first-order chi connectivity index (χ1) is 8.50. The number of halogens is 4. The van der Waals surface area contributed by atoms with Gasteiger partial charge in [0.2, 0.25) is 0 Å². The summed E-state index contributed by atoms with van der Waals surface area (Å²) in [4.78, 5) is 2.03. The summed E-state index contributed by atoms with van der Waals surface area (Å²) in [6, 6.07) is 7.95. The molecular weight excluding hydrogens is 307 g/mol. The Morgan fingerprint density at radius 3 is 2.11 bits per heavy atom. The van der Waals surface area contributed by atoms with E-state index in [2.05, 4.69) is 15.9 Å². The molecule has 0 atom stereocenters. The largest absolute Gasteiger partial charge is 0.391 e. The number of nitrogens with zero attached hydrogens (tertiary/aromatic N) is 1. The Morgan fingerprint density at radius 2 is 1.67 bits per heavy atom. The van der Waals surface area contributed by atoms with Gasteiger partial charge in [-0.2, -0.15) is 13.2 Å². The number of piperidine rings is 1. The molecule has 1 fully saturated rings. The van der Waals surface area contributed by atoms with Crippen molar-refractivity contribution in [2.45, 2.75) is 24.3 Å². The molecule has 0 radical (unpaired) electrons. The van der Waals surface area contributed by atoms with Gasteiger partial charge < -0.3 is 4.90 Å². The van der Waals surface area contributed by atoms with Crippen LogP contribution in [0.15, 0.2) is 24.3 Å². The van der Waals surface area contributed by atoms with Crippen molar-refractivity contribution >= 4 is 21.6 Å². The number of benzene rings is 1. The van der Waals surface area contributed by atoms with Gasteiger partial charge in [-0.25, -0.2) is 0 Å². The quantitative estimate of drug-likeness (QED) is 0.731. The molecule has 0 aliphatic carbocycles. The topological polar surface area (TPSA) is 3.24 Å². The Kier molecular flexibility index (Phi) is 4.20. The molecule has 100 valence electrons. The Balaban J connectivity index is 1.96. The van der Waals surface area contributed by atoms with Gasteiger partial charge in [0.1, 0.15) is 0 Å². The van der Waals surface area contributed by atoms with Crippen LogP contribution in [0.1, 0.15) is 18.4 Å². The van der Waals surface area contributed by atoms with Gasteiger partial charge in [0, 0.05) is 24.1 Å². The second kappa shape index (κ2) is 5.51. The molecule has 1 aromatic carbocycles. The first-order valence-electron chi connectivity index (χ1n) is 5.97. The van der Waals surface area contributed by atoms with Crippen molar-refractivity contribution in [1.82, 2.24) is 0 Å². The summed E-state index contributed by atoms with van der Waals surface area (Å²) in [6.45, 7) is 0.968. The van der Waals surface area contributed by atoms with Crippen molar-refractivity contribution in [3.05, 3.63) is 29.8 Å². The number of anilines is 1. The molecule has 0 spiro atoms. The van der Waals surface area contributed by atoms with E-state index in [1.165, 1.54) is 5.56 Å². The summed E-state index contributed by atoms with van der Waals surface area (Å²) in [7, 11) is 0. The highest BCUT2D eigenvalue weighted by Crippen LogP contribution is 2.35. The van der Waals surface area contributed by atoms with Crippen LogP contribution in [0.5, 0.6) is 0 Å². The summed E-state index contributed by atoms with van der Waals surface area (Å²) >= 11 is 3.37. The van der Waals surface area contributed by atoms with Crippen molar-refractivity contribution in [3.8, 4) is 0 Å². The minimum absolute atomic E-state index is 0.198. The lowest BCUT2D eigenvalue weighted by Gasteiger charge is -2.34. The Bertz CT molecular complexity index is 380. The van der Waals surface area contributed by atoms with Gasteiger partial charge in [0.25, 0.3) is 0 Å². The van der Waals surface area contributed by atoms with E-state index in [0.29, 0.717) is 13.1 Å². The standard InChI is InChI=1S/C13H15BrF3N/c14-9-10-1-3-12(4-2-10)18-7-5-11(6-8-18)13(15,16)17/h1-4,11H,5-9H2. The van der Waals surface area contributed by atoms with Crippen molar-refractivity contribution in [2.24, 2.45) is 5.92 Å². The highest BCUT2D eigenvalue weighted by molar-refractivity contribution is 9.08. The molecule has 1 aliphatic heterocycles. The molecule has 1 nitrogen and oxygen atoms in total. The molecule has 18 heavy (non-hydrogen) atoms. The van der Waals surface area contributed by atoms with Crippen LogP contribution in [0.4, 0.5) is 18.9 Å². The lowest BCUT2D eigenvalue weighted by atomic mass is 9.96. The van der Waals surface area contributed by atoms with Crippen molar-refractivity contribution in [3.63, 3.8) is 0 Å². The zero-order valence-corrected chi connectivity index (χ0v) is 11.5. The SMILES string of the molecule is FC(F)(F)C1CCN(c2ccc(CBr)cc2)CC1. The molecule has 0 N–H and O–H groups in total. The number of rotatable bonds is 2. The maximum absolute atomic E-state index is 12.5. The van der Waals surface area contributed by atoms with Crippen LogP contribution in [-0.2, 0) is 5.33 Å². The van der Waals surface area contributed by atoms with Crippen LogP contribution in [-0.4, -0.2) is 19.3 Å². The van der Waals surface area contributed by atoms with Gasteiger partial charge in [0.05, 0.1) is 5.92 Å². The van der Waals surface area contributed by atoms with Gasteiger partial charge in [-0.1, -0.05) is 28.1 Å². The normalized spacial score (nSPS) is 18.1. The van der Waals surface area contributed by atoms with Crippen molar-refractivity contribution in [2.75, 3.05) is 18.0 Å². The van der Waals surface area contributed by atoms with Crippen molar-refractivity contribution < 1.29 is 13.2 Å². The highest BCUT2D eigenvalue weighted by Gasteiger charge is 2.41. The summed E-state index contributed by atoms with van der Waals surface area (Å²) in [5.41, 5.74) is 2.18. The fourth-order valence-corrected chi connectivity index (χ4v) is 2.63. The minimum Gasteiger partial charge on any atom is -0.372 e. The fraction of sp³-hybridized carbons (Fsp3) is 0.538. The third-order valence-electron chi connectivity index (χ3n) is 3.41. The summed E-state index contributed by atoms with van der Waals surface area (Å²) in [5.74, 6) is -1.13. The van der Waals surface area contributed by atoms with E-state index in [-0.39, 0.29) is 12.8 Å². The van der Waals surface area contributed by atoms with Crippen LogP contribution < -0.4 is 4.90 Å². The number of alkyl halides is 4. The molecule has 0 aromatic heterocycles. The summed E-state index contributed by atoms with van der Waals surface area (Å²) < 4.78 is 37.6. The van der Waals surface area contributed by atoms with Gasteiger partial charge in [0.15, 0.2) is 0 Å². The van der Waals surface area contributed by atoms with Crippen LogP contribution in [0.2, 0.25) is 0 Å². The lowest BCUT2D eigenvalue weighted by molar-refractivity contribution is -0.179. The fourth-order valence-electron chi connectivity index (χ4n) is 2.26. The van der Waals surface area contributed by atoms with Gasteiger partial charge in [-0.15, -0.1) is 0 Å². The van der Waals surface area contributed by atoms with Gasteiger partial charge in [-0.05, 0) is 30.5 Å². The average molecular weight is 322 g/mol. The molecule has 0 amide bonds. The second-order valence-electron chi connectivity index (χ2n) is 4.60. The molecule has 0 bridgehead atoms. The summed E-state index contributed by atoms with van der Waals surface area (Å²) in [5, 5.41) is 0.795. The van der Waals surface area contributed by atoms with E-state index in [1.807, 2.05) is 29.2 Å². The molecule has 5 heteroatoms. The van der Waals surface area contributed by atoms with Crippen LogP contribution in [0.25, 0.3) is 0 Å². The first-order valence-corrected chi connectivity index (χ1v) is 7.09. The second-order valence-corrected chi connectivity index (χ2v) is 5.16. The highest BCUT2D eigenvalue weighted by atomic mass is 79.9. The van der Waals surface area contributed by atoms with Crippen LogP contribution in [0.3, 0.4) is 0 Å². The smallest absolute Gasteiger partial charge is 0.372 e. The number of hydrogen-bond donors (Lipinski definition) is 0. The predicted molar refractivity (Wildman–Crippen MR) is 70.1 cm³/mol. The zero-order valence-electron chi connectivity index (χ0n) is 9.88. The van der Waals surface area contributed by atoms with E-state index in [4.69, 9.17) is 0 Å². The van der Waals surface area contributed by atoms with E-state index < -0.39 is 12.1 Å². The molecule has 1 heterocycles. The van der Waals surface area contributed by atoms with E-state index in [9.17, 15) is 13.2 Å². The summed E-state index contributed by atoms with van der Waals surface area (Å²) in [6.07, 6.45) is -3.64. The zero-order chi connectivity index (χ0) is 13.2. The third kappa shape index (κ3) is 3.19. The maximum atomic E-state index is 12.5. The van der Waals surface area contributed by atoms with E-state index in [1.54, 1.807) is 0 Å². The molecular formula is C13H15BrF3N. The molecule has 2 rings (SSSR count). The number of hydrogen-bond acceptors (Lipinski definition) is 1. The van der Waals surface area contributed by atoms with E-state index >= 15 is 0 Å². The third-order valence-corrected chi connectivity index (χ3v) is 4.06. The van der Waals surface area contributed by atoms with Gasteiger partial charge in [-0.3, -0.25) is 0 Å². The van der Waals surface area contributed by atoms with Gasteiger partial charge >= 0.3 is 6.18 Å². The van der Waals surface area contributed by atoms with Crippen molar-refractivity contribution in [1.29, 1.82) is 0 Å². The molecule has 1 aliphatic rings. The Hall–Kier alpha value is -0.710. The molecule has 1 aromatic rings. The van der Waals surface area contributed by atoms with E-state index in [0.717, 1.165) is 11.0 Å². The Labute approximate surface area is 113 Å². The van der Waals surface area contributed by atoms with Crippen LogP contribution >= 0.6 is 15.9 Å². The molecule has 1 saturated heterocycles. The minimum atomic E-state index is -4.04. The molecule has 0 saturated carbocycles. The lowest BCUT2D eigenvalue weighted by Crippen LogP contribution is -2.38. The van der Waals surface area contributed by atoms with Crippen LogP contribution in [0, 0.1) is 5.92 Å². The monoisotopic (exact) mass is 321 g/mol. The predicted octanol–water partition coefficient (Wildman–Crippen LogP) is 4.36. The Morgan fingerprint density at radius 1 is 1.11 bits per heavy atom. The average Bonchev–Trinajstić information content (AvgIpc) is 2.38. The first kappa shape index (κ1) is 13.7. The molecule has 0 unspecified atom stereocenters. The maximum Gasteiger partial charge on any atom is 0.391 e.